The summed E-state index contributed by atoms with van der Waals surface area (Å²) in [5.41, 5.74) is 0.182. The highest BCUT2D eigenvalue weighted by molar-refractivity contribution is 6.33. The zero-order valence-electron chi connectivity index (χ0n) is 12.1. The van der Waals surface area contributed by atoms with Crippen LogP contribution in [0.2, 0.25) is 5.02 Å². The molecule has 1 aliphatic carbocycles. The van der Waals surface area contributed by atoms with Crippen LogP contribution in [0.1, 0.15) is 68.2 Å². The van der Waals surface area contributed by atoms with Crippen LogP contribution in [0.25, 0.3) is 0 Å². The van der Waals surface area contributed by atoms with Crippen molar-refractivity contribution in [2.45, 2.75) is 51.9 Å². The maximum absolute atomic E-state index is 12.1. The maximum atomic E-state index is 12.1. The lowest BCUT2D eigenvalue weighted by atomic mass is 9.90. The third-order valence-electron chi connectivity index (χ3n) is 3.65. The summed E-state index contributed by atoms with van der Waals surface area (Å²) < 4.78 is 5.37. The number of hydrogen-bond donors (Lipinski definition) is 0. The molecule has 1 aliphatic rings. The number of hydrogen-bond acceptors (Lipinski definition) is 4. The quantitative estimate of drug-likeness (QED) is 0.788. The van der Waals surface area contributed by atoms with E-state index in [1.807, 2.05) is 13.8 Å². The average Bonchev–Trinajstić information content (AvgIpc) is 2.46. The lowest BCUT2D eigenvalue weighted by Gasteiger charge is -2.21. The standard InChI is InChI=1S/C15H21ClN2O2/c1-10(2)14-17-8-12(16)13(18-14)15(19)20-9-11-6-4-3-5-7-11/h8,10-11H,3-7,9H2,1-2H3. The Balaban J connectivity index is 1.99. The number of aromatic nitrogens is 2. The van der Waals surface area contributed by atoms with Gasteiger partial charge in [-0.05, 0) is 18.8 Å². The molecule has 1 saturated carbocycles. The summed E-state index contributed by atoms with van der Waals surface area (Å²) in [6, 6.07) is 0. The number of rotatable bonds is 4. The molecule has 0 aromatic carbocycles. The van der Waals surface area contributed by atoms with Crippen LogP contribution >= 0.6 is 11.6 Å². The number of carbonyl (C=O) groups excluding carboxylic acids is 1. The van der Waals surface area contributed by atoms with Gasteiger partial charge in [0.05, 0.1) is 17.8 Å². The highest BCUT2D eigenvalue weighted by Gasteiger charge is 2.20. The van der Waals surface area contributed by atoms with Gasteiger partial charge < -0.3 is 4.74 Å². The average molecular weight is 297 g/mol. The first-order valence-corrected chi connectivity index (χ1v) is 7.65. The third-order valence-corrected chi connectivity index (χ3v) is 3.92. The Labute approximate surface area is 124 Å². The SMILES string of the molecule is CC(C)c1ncc(Cl)c(C(=O)OCC2CCCCC2)n1. The molecule has 0 saturated heterocycles. The van der Waals surface area contributed by atoms with Crippen LogP contribution in [0.15, 0.2) is 6.20 Å². The number of halogens is 1. The van der Waals surface area contributed by atoms with E-state index < -0.39 is 5.97 Å². The molecule has 20 heavy (non-hydrogen) atoms. The van der Waals surface area contributed by atoms with Gasteiger partial charge in [-0.1, -0.05) is 44.7 Å². The highest BCUT2D eigenvalue weighted by atomic mass is 35.5. The molecule has 0 atom stereocenters. The second-order valence-corrected chi connectivity index (χ2v) is 6.09. The van der Waals surface area contributed by atoms with Crippen molar-refractivity contribution in [1.82, 2.24) is 9.97 Å². The molecule has 1 aromatic heterocycles. The minimum absolute atomic E-state index is 0.150. The van der Waals surface area contributed by atoms with Gasteiger partial charge in [0, 0.05) is 5.92 Å². The van der Waals surface area contributed by atoms with E-state index >= 15 is 0 Å². The zero-order valence-corrected chi connectivity index (χ0v) is 12.8. The fraction of sp³-hybridized carbons (Fsp3) is 0.667. The predicted molar refractivity (Wildman–Crippen MR) is 78.0 cm³/mol. The molecule has 0 radical (unpaired) electrons. The van der Waals surface area contributed by atoms with Crippen LogP contribution in [0.4, 0.5) is 0 Å². The van der Waals surface area contributed by atoms with Crippen LogP contribution < -0.4 is 0 Å². The summed E-state index contributed by atoms with van der Waals surface area (Å²) in [7, 11) is 0. The molecule has 110 valence electrons. The summed E-state index contributed by atoms with van der Waals surface area (Å²) in [6.45, 7) is 4.41. The van der Waals surface area contributed by atoms with Gasteiger partial charge in [-0.15, -0.1) is 0 Å². The van der Waals surface area contributed by atoms with Crippen LogP contribution in [0.5, 0.6) is 0 Å². The Morgan fingerprint density at radius 3 is 2.75 bits per heavy atom. The first kappa shape index (κ1) is 15.2. The highest BCUT2D eigenvalue weighted by Crippen LogP contribution is 2.24. The molecular formula is C15H21ClN2O2. The largest absolute Gasteiger partial charge is 0.461 e. The molecule has 0 unspecified atom stereocenters. The summed E-state index contributed by atoms with van der Waals surface area (Å²) >= 11 is 5.99. The van der Waals surface area contributed by atoms with Gasteiger partial charge >= 0.3 is 5.97 Å². The van der Waals surface area contributed by atoms with E-state index in [4.69, 9.17) is 16.3 Å². The van der Waals surface area contributed by atoms with Crippen molar-refractivity contribution >= 4 is 17.6 Å². The van der Waals surface area contributed by atoms with Crippen LogP contribution in [-0.4, -0.2) is 22.5 Å². The van der Waals surface area contributed by atoms with Crippen molar-refractivity contribution in [3.63, 3.8) is 0 Å². The van der Waals surface area contributed by atoms with Crippen molar-refractivity contribution in [2.75, 3.05) is 6.61 Å². The molecular weight excluding hydrogens is 276 g/mol. The normalized spacial score (nSPS) is 16.4. The number of ether oxygens (including phenoxy) is 1. The summed E-state index contributed by atoms with van der Waals surface area (Å²) in [4.78, 5) is 20.4. The summed E-state index contributed by atoms with van der Waals surface area (Å²) in [5, 5.41) is 0.253. The second-order valence-electron chi connectivity index (χ2n) is 5.68. The molecule has 0 N–H and O–H groups in total. The molecule has 0 bridgehead atoms. The minimum atomic E-state index is -0.440. The van der Waals surface area contributed by atoms with E-state index in [0.29, 0.717) is 18.3 Å². The minimum Gasteiger partial charge on any atom is -0.461 e. The van der Waals surface area contributed by atoms with Crippen molar-refractivity contribution in [3.8, 4) is 0 Å². The van der Waals surface area contributed by atoms with E-state index in [-0.39, 0.29) is 16.6 Å². The predicted octanol–water partition coefficient (Wildman–Crippen LogP) is 3.99. The van der Waals surface area contributed by atoms with Gasteiger partial charge in [0.1, 0.15) is 5.82 Å². The molecule has 4 nitrogen and oxygen atoms in total. The van der Waals surface area contributed by atoms with Crippen molar-refractivity contribution in [3.05, 3.63) is 22.7 Å². The van der Waals surface area contributed by atoms with Crippen molar-refractivity contribution < 1.29 is 9.53 Å². The first-order valence-electron chi connectivity index (χ1n) is 7.27. The fourth-order valence-electron chi connectivity index (χ4n) is 2.42. The van der Waals surface area contributed by atoms with E-state index in [1.165, 1.54) is 25.5 Å². The molecule has 1 fully saturated rings. The van der Waals surface area contributed by atoms with Gasteiger partial charge in [0.15, 0.2) is 5.69 Å². The summed E-state index contributed by atoms with van der Waals surface area (Å²) in [5.74, 6) is 0.805. The zero-order chi connectivity index (χ0) is 14.5. The molecule has 0 aliphatic heterocycles. The molecule has 1 aromatic rings. The molecule has 5 heteroatoms. The van der Waals surface area contributed by atoms with Crippen molar-refractivity contribution in [1.29, 1.82) is 0 Å². The smallest absolute Gasteiger partial charge is 0.358 e. The Hall–Kier alpha value is -1.16. The van der Waals surface area contributed by atoms with Gasteiger partial charge in [-0.25, -0.2) is 14.8 Å². The van der Waals surface area contributed by atoms with E-state index in [2.05, 4.69) is 9.97 Å². The van der Waals surface area contributed by atoms with Gasteiger partial charge in [0.25, 0.3) is 0 Å². The topological polar surface area (TPSA) is 52.1 Å². The van der Waals surface area contributed by atoms with Crippen molar-refractivity contribution in [2.24, 2.45) is 5.92 Å². The van der Waals surface area contributed by atoms with Crippen LogP contribution in [0.3, 0.4) is 0 Å². The molecule has 1 heterocycles. The Morgan fingerprint density at radius 1 is 1.40 bits per heavy atom. The maximum Gasteiger partial charge on any atom is 0.358 e. The summed E-state index contributed by atoms with van der Waals surface area (Å²) in [6.07, 6.45) is 7.51. The van der Waals surface area contributed by atoms with Gasteiger partial charge in [0.2, 0.25) is 0 Å². The first-order chi connectivity index (χ1) is 9.58. The Bertz CT molecular complexity index is 471. The molecule has 0 amide bonds. The Kier molecular flexibility index (Phi) is 5.35. The fourth-order valence-corrected chi connectivity index (χ4v) is 2.59. The van der Waals surface area contributed by atoms with Crippen LogP contribution in [-0.2, 0) is 4.74 Å². The molecule has 0 spiro atoms. The number of nitrogens with zero attached hydrogens (tertiary/aromatic N) is 2. The van der Waals surface area contributed by atoms with Gasteiger partial charge in [-0.2, -0.15) is 0 Å². The van der Waals surface area contributed by atoms with Gasteiger partial charge in [-0.3, -0.25) is 0 Å². The lowest BCUT2D eigenvalue weighted by molar-refractivity contribution is 0.0403. The molecule has 2 rings (SSSR count). The Morgan fingerprint density at radius 2 is 2.10 bits per heavy atom. The van der Waals surface area contributed by atoms with Crippen LogP contribution in [0, 0.1) is 5.92 Å². The number of esters is 1. The lowest BCUT2D eigenvalue weighted by Crippen LogP contribution is -2.18. The number of carbonyl (C=O) groups is 1. The third kappa shape index (κ3) is 3.92. The van der Waals surface area contributed by atoms with E-state index in [0.717, 1.165) is 12.8 Å². The monoisotopic (exact) mass is 296 g/mol. The van der Waals surface area contributed by atoms with E-state index in [1.54, 1.807) is 0 Å². The second kappa shape index (κ2) is 7.02. The van der Waals surface area contributed by atoms with E-state index in [9.17, 15) is 4.79 Å².